The van der Waals surface area contributed by atoms with Gasteiger partial charge in [-0.25, -0.2) is 0 Å². The number of hydrogen-bond donors (Lipinski definition) is 1. The van der Waals surface area contributed by atoms with E-state index in [1.54, 1.807) is 0 Å². The summed E-state index contributed by atoms with van der Waals surface area (Å²) in [5.41, 5.74) is 6.75. The maximum Gasteiger partial charge on any atom is 0.142 e. The zero-order valence-corrected chi connectivity index (χ0v) is 9.84. The lowest BCUT2D eigenvalue weighted by Gasteiger charge is -2.37. The normalized spacial score (nSPS) is 23.1. The lowest BCUT2D eigenvalue weighted by atomic mass is 9.84. The molecule has 3 heteroatoms. The van der Waals surface area contributed by atoms with Gasteiger partial charge < -0.3 is 10.5 Å². The Bertz CT molecular complexity index is 376. The number of rotatable bonds is 1. The molecule has 1 aromatic rings. The highest BCUT2D eigenvalue weighted by Gasteiger charge is 2.33. The summed E-state index contributed by atoms with van der Waals surface area (Å²) in [4.78, 5) is 0. The van der Waals surface area contributed by atoms with Crippen molar-refractivity contribution in [3.8, 4) is 5.75 Å². The van der Waals surface area contributed by atoms with Crippen LogP contribution in [0.3, 0.4) is 0 Å². The topological polar surface area (TPSA) is 35.2 Å². The van der Waals surface area contributed by atoms with Crippen LogP contribution in [0.1, 0.15) is 31.7 Å². The zero-order valence-electron chi connectivity index (χ0n) is 9.09. The van der Waals surface area contributed by atoms with Gasteiger partial charge in [0.15, 0.2) is 0 Å². The molecule has 0 spiro atoms. The number of para-hydroxylation sites is 1. The molecular weight excluding hydrogens is 210 g/mol. The first kappa shape index (κ1) is 10.8. The van der Waals surface area contributed by atoms with Crippen LogP contribution in [-0.2, 0) is 0 Å². The van der Waals surface area contributed by atoms with Crippen LogP contribution in [0.2, 0.25) is 5.02 Å². The van der Waals surface area contributed by atoms with E-state index in [4.69, 9.17) is 22.1 Å². The van der Waals surface area contributed by atoms with E-state index in [2.05, 4.69) is 13.8 Å². The molecule has 82 valence electrons. The van der Waals surface area contributed by atoms with Crippen molar-refractivity contribution in [3.63, 3.8) is 0 Å². The average molecular weight is 226 g/mol. The fourth-order valence-electron chi connectivity index (χ4n) is 2.19. The first-order chi connectivity index (χ1) is 7.03. The van der Waals surface area contributed by atoms with E-state index in [0.29, 0.717) is 17.5 Å². The molecule has 1 aromatic carbocycles. The van der Waals surface area contributed by atoms with E-state index in [1.165, 1.54) is 0 Å². The highest BCUT2D eigenvalue weighted by atomic mass is 35.5. The van der Waals surface area contributed by atoms with Crippen LogP contribution in [0.5, 0.6) is 5.75 Å². The Kier molecular flexibility index (Phi) is 2.65. The number of fused-ring (bicyclic) bond motifs is 1. The molecule has 1 heterocycles. The third kappa shape index (κ3) is 1.97. The molecule has 2 rings (SSSR count). The highest BCUT2D eigenvalue weighted by molar-refractivity contribution is 6.32. The minimum absolute atomic E-state index is 0.179. The van der Waals surface area contributed by atoms with E-state index in [-0.39, 0.29) is 5.60 Å². The molecular formula is C12H16ClNO. The van der Waals surface area contributed by atoms with Crippen molar-refractivity contribution in [1.82, 2.24) is 0 Å². The van der Waals surface area contributed by atoms with Crippen LogP contribution in [0.25, 0.3) is 0 Å². The molecule has 0 saturated heterocycles. The minimum atomic E-state index is -0.179. The fraction of sp³-hybridized carbons (Fsp3) is 0.500. The van der Waals surface area contributed by atoms with Crippen LogP contribution in [0, 0.1) is 0 Å². The van der Waals surface area contributed by atoms with Gasteiger partial charge in [0.25, 0.3) is 0 Å². The van der Waals surface area contributed by atoms with E-state index < -0.39 is 0 Å². The Morgan fingerprint density at radius 3 is 2.93 bits per heavy atom. The standard InChI is InChI=1S/C12H16ClNO/c1-12(2)6-8(7-14)9-4-3-5-10(13)11(9)15-12/h3-5,8H,6-7,14H2,1-2H3. The van der Waals surface area contributed by atoms with Crippen LogP contribution >= 0.6 is 11.6 Å². The van der Waals surface area contributed by atoms with Gasteiger partial charge >= 0.3 is 0 Å². The first-order valence-corrected chi connectivity index (χ1v) is 5.59. The van der Waals surface area contributed by atoms with Gasteiger partial charge in [0.05, 0.1) is 5.02 Å². The number of ether oxygens (including phenoxy) is 1. The van der Waals surface area contributed by atoms with Gasteiger partial charge in [0.1, 0.15) is 11.4 Å². The summed E-state index contributed by atoms with van der Waals surface area (Å²) >= 11 is 6.13. The second kappa shape index (κ2) is 3.69. The molecule has 1 atom stereocenters. The van der Waals surface area contributed by atoms with Gasteiger partial charge in [-0.05, 0) is 32.9 Å². The van der Waals surface area contributed by atoms with E-state index in [0.717, 1.165) is 17.7 Å². The van der Waals surface area contributed by atoms with Crippen molar-refractivity contribution in [3.05, 3.63) is 28.8 Å². The third-order valence-electron chi connectivity index (χ3n) is 2.84. The van der Waals surface area contributed by atoms with Gasteiger partial charge in [-0.15, -0.1) is 0 Å². The van der Waals surface area contributed by atoms with Crippen molar-refractivity contribution in [2.45, 2.75) is 31.8 Å². The largest absolute Gasteiger partial charge is 0.486 e. The zero-order chi connectivity index (χ0) is 11.1. The molecule has 1 unspecified atom stereocenters. The molecule has 0 saturated carbocycles. The molecule has 15 heavy (non-hydrogen) atoms. The molecule has 0 fully saturated rings. The summed E-state index contributed by atoms with van der Waals surface area (Å²) in [6.07, 6.45) is 0.941. The van der Waals surface area contributed by atoms with Crippen LogP contribution < -0.4 is 10.5 Å². The summed E-state index contributed by atoms with van der Waals surface area (Å²) in [6, 6.07) is 5.86. The molecule has 0 amide bonds. The van der Waals surface area contributed by atoms with Crippen LogP contribution in [-0.4, -0.2) is 12.1 Å². The molecule has 2 nitrogen and oxygen atoms in total. The van der Waals surface area contributed by atoms with E-state index >= 15 is 0 Å². The number of nitrogens with two attached hydrogens (primary N) is 1. The van der Waals surface area contributed by atoms with E-state index in [1.807, 2.05) is 18.2 Å². The third-order valence-corrected chi connectivity index (χ3v) is 3.14. The van der Waals surface area contributed by atoms with E-state index in [9.17, 15) is 0 Å². The Balaban J connectivity index is 2.49. The van der Waals surface area contributed by atoms with Crippen molar-refractivity contribution in [1.29, 1.82) is 0 Å². The fourth-order valence-corrected chi connectivity index (χ4v) is 2.41. The summed E-state index contributed by atoms with van der Waals surface area (Å²) in [5.74, 6) is 1.16. The minimum Gasteiger partial charge on any atom is -0.486 e. The number of hydrogen-bond acceptors (Lipinski definition) is 2. The Hall–Kier alpha value is -0.730. The molecule has 0 radical (unpaired) electrons. The maximum absolute atomic E-state index is 6.13. The molecule has 1 aliphatic heterocycles. The monoisotopic (exact) mass is 225 g/mol. The average Bonchev–Trinajstić information content (AvgIpc) is 2.17. The summed E-state index contributed by atoms with van der Waals surface area (Å²) in [7, 11) is 0. The Morgan fingerprint density at radius 1 is 1.53 bits per heavy atom. The Morgan fingerprint density at radius 2 is 2.27 bits per heavy atom. The summed E-state index contributed by atoms with van der Waals surface area (Å²) in [5, 5.41) is 0.679. The summed E-state index contributed by atoms with van der Waals surface area (Å²) < 4.78 is 5.89. The highest BCUT2D eigenvalue weighted by Crippen LogP contribution is 2.43. The van der Waals surface area contributed by atoms with Gasteiger partial charge in [0.2, 0.25) is 0 Å². The lowest BCUT2D eigenvalue weighted by molar-refractivity contribution is 0.0732. The van der Waals surface area contributed by atoms with Crippen molar-refractivity contribution >= 4 is 11.6 Å². The second-order valence-corrected chi connectivity index (χ2v) is 5.06. The molecule has 2 N–H and O–H groups in total. The predicted molar refractivity (Wildman–Crippen MR) is 62.6 cm³/mol. The summed E-state index contributed by atoms with van der Waals surface area (Å²) in [6.45, 7) is 4.78. The van der Waals surface area contributed by atoms with Gasteiger partial charge in [-0.1, -0.05) is 23.7 Å². The van der Waals surface area contributed by atoms with Gasteiger partial charge in [-0.2, -0.15) is 0 Å². The quantitative estimate of drug-likeness (QED) is 0.798. The molecule has 0 bridgehead atoms. The van der Waals surface area contributed by atoms with Crippen molar-refractivity contribution < 1.29 is 4.74 Å². The first-order valence-electron chi connectivity index (χ1n) is 5.21. The molecule has 0 aliphatic carbocycles. The van der Waals surface area contributed by atoms with Crippen LogP contribution in [0.4, 0.5) is 0 Å². The smallest absolute Gasteiger partial charge is 0.142 e. The van der Waals surface area contributed by atoms with Crippen LogP contribution in [0.15, 0.2) is 18.2 Å². The second-order valence-electron chi connectivity index (χ2n) is 4.66. The number of benzene rings is 1. The predicted octanol–water partition coefficient (Wildman–Crippen LogP) is 2.94. The van der Waals surface area contributed by atoms with Crippen molar-refractivity contribution in [2.24, 2.45) is 5.73 Å². The van der Waals surface area contributed by atoms with Gasteiger partial charge in [0, 0.05) is 11.5 Å². The molecule has 0 aromatic heterocycles. The SMILES string of the molecule is CC1(C)CC(CN)c2cccc(Cl)c2O1. The number of halogens is 1. The molecule has 1 aliphatic rings. The maximum atomic E-state index is 6.13. The van der Waals surface area contributed by atoms with Crippen molar-refractivity contribution in [2.75, 3.05) is 6.54 Å². The lowest BCUT2D eigenvalue weighted by Crippen LogP contribution is -2.37. The van der Waals surface area contributed by atoms with Gasteiger partial charge in [-0.3, -0.25) is 0 Å². The Labute approximate surface area is 95.4 Å².